The van der Waals surface area contributed by atoms with Gasteiger partial charge < -0.3 is 29.5 Å². The standard InChI is InChI=1S/C17H19BrN2O7S/c1-25-10-4-3-5-11(26-2)14(10)16(23)19-15-9(6-18)20(17(15)24)7-13(28)27-8-12(21)22/h3-5,9,15H,6-8H2,1-2H3,(H,19,23)(H,21,22)/t9-,15+/m0/s1. The number of carbonyl (C=O) groups is 3. The molecule has 1 aliphatic heterocycles. The van der Waals surface area contributed by atoms with Crippen LogP contribution in [0.2, 0.25) is 0 Å². The molecule has 1 aromatic carbocycles. The second-order valence-electron chi connectivity index (χ2n) is 5.73. The Morgan fingerprint density at radius 2 is 1.89 bits per heavy atom. The number of nitrogens with zero attached hydrogens (tertiary/aromatic N) is 1. The zero-order chi connectivity index (χ0) is 20.8. The first-order chi connectivity index (χ1) is 13.3. The third-order valence-electron chi connectivity index (χ3n) is 4.09. The quantitative estimate of drug-likeness (QED) is 0.307. The maximum atomic E-state index is 12.7. The van der Waals surface area contributed by atoms with E-state index < -0.39 is 24.5 Å². The number of carboxylic acid groups (broad SMARTS) is 1. The third-order valence-corrected chi connectivity index (χ3v) is 5.00. The molecule has 2 N–H and O–H groups in total. The number of likely N-dealkylation sites (tertiary alicyclic amines) is 1. The molecule has 11 heteroatoms. The second-order valence-corrected chi connectivity index (χ2v) is 6.83. The largest absolute Gasteiger partial charge is 0.496 e. The lowest BCUT2D eigenvalue weighted by molar-refractivity contribution is -0.148. The van der Waals surface area contributed by atoms with E-state index in [1.165, 1.54) is 19.1 Å². The molecule has 1 aromatic rings. The van der Waals surface area contributed by atoms with Gasteiger partial charge in [-0.15, -0.1) is 0 Å². The SMILES string of the molecule is COc1cccc(OC)c1C(=O)N[C@H]1C(=O)N(CC(=S)OCC(=O)O)[C@H]1CBr. The number of aliphatic carboxylic acids is 1. The van der Waals surface area contributed by atoms with Crippen molar-refractivity contribution in [2.75, 3.05) is 32.7 Å². The minimum atomic E-state index is -1.16. The topological polar surface area (TPSA) is 114 Å². The number of benzene rings is 1. The first kappa shape index (κ1) is 21.9. The van der Waals surface area contributed by atoms with Crippen LogP contribution in [0.15, 0.2) is 18.2 Å². The summed E-state index contributed by atoms with van der Waals surface area (Å²) in [5.74, 6) is -1.39. The second kappa shape index (κ2) is 9.69. The van der Waals surface area contributed by atoms with Gasteiger partial charge in [-0.05, 0) is 24.4 Å². The fourth-order valence-corrected chi connectivity index (χ4v) is 3.67. The minimum Gasteiger partial charge on any atom is -0.496 e. The average Bonchev–Trinajstić information content (AvgIpc) is 2.69. The summed E-state index contributed by atoms with van der Waals surface area (Å²) in [7, 11) is 2.86. The highest BCUT2D eigenvalue weighted by Gasteiger charge is 2.48. The highest BCUT2D eigenvalue weighted by atomic mass is 79.9. The van der Waals surface area contributed by atoms with Gasteiger partial charge in [0.05, 0.1) is 26.8 Å². The van der Waals surface area contributed by atoms with E-state index in [1.54, 1.807) is 18.2 Å². The van der Waals surface area contributed by atoms with E-state index in [4.69, 9.17) is 31.5 Å². The van der Waals surface area contributed by atoms with Gasteiger partial charge in [0.1, 0.15) is 23.1 Å². The number of rotatable bonds is 9. The summed E-state index contributed by atoms with van der Waals surface area (Å²) in [4.78, 5) is 37.2. The number of methoxy groups -OCH3 is 2. The number of hydrogen-bond donors (Lipinski definition) is 2. The predicted molar refractivity (Wildman–Crippen MR) is 106 cm³/mol. The molecule has 0 aromatic heterocycles. The first-order valence-corrected chi connectivity index (χ1v) is 9.62. The zero-order valence-electron chi connectivity index (χ0n) is 15.1. The molecule has 0 saturated carbocycles. The highest BCUT2D eigenvalue weighted by molar-refractivity contribution is 9.09. The van der Waals surface area contributed by atoms with Gasteiger partial charge in [-0.2, -0.15) is 0 Å². The van der Waals surface area contributed by atoms with Crippen molar-refractivity contribution in [1.82, 2.24) is 10.2 Å². The molecule has 0 bridgehead atoms. The van der Waals surface area contributed by atoms with Crippen LogP contribution in [0.1, 0.15) is 10.4 Å². The van der Waals surface area contributed by atoms with Crippen molar-refractivity contribution in [3.8, 4) is 11.5 Å². The van der Waals surface area contributed by atoms with Crippen LogP contribution in [0, 0.1) is 0 Å². The first-order valence-electron chi connectivity index (χ1n) is 8.09. The molecule has 1 aliphatic rings. The summed E-state index contributed by atoms with van der Waals surface area (Å²) in [6.45, 7) is -0.615. The molecule has 9 nitrogen and oxygen atoms in total. The van der Waals surface area contributed by atoms with Crippen LogP contribution >= 0.6 is 28.1 Å². The van der Waals surface area contributed by atoms with Crippen molar-refractivity contribution in [1.29, 1.82) is 0 Å². The summed E-state index contributed by atoms with van der Waals surface area (Å²) in [5, 5.41) is 11.7. The maximum Gasteiger partial charge on any atom is 0.341 e. The Balaban J connectivity index is 2.07. The van der Waals surface area contributed by atoms with Crippen molar-refractivity contribution in [3.05, 3.63) is 23.8 Å². The van der Waals surface area contributed by atoms with Gasteiger partial charge >= 0.3 is 5.97 Å². The lowest BCUT2D eigenvalue weighted by Gasteiger charge is -2.46. The average molecular weight is 475 g/mol. The Morgan fingerprint density at radius 1 is 1.29 bits per heavy atom. The van der Waals surface area contributed by atoms with Crippen molar-refractivity contribution >= 4 is 51.0 Å². The van der Waals surface area contributed by atoms with Gasteiger partial charge in [-0.25, -0.2) is 4.79 Å². The van der Waals surface area contributed by atoms with E-state index in [0.29, 0.717) is 16.8 Å². The number of carbonyl (C=O) groups excluding carboxylic acids is 2. The van der Waals surface area contributed by atoms with Crippen molar-refractivity contribution < 1.29 is 33.7 Å². The van der Waals surface area contributed by atoms with Crippen molar-refractivity contribution in [3.63, 3.8) is 0 Å². The summed E-state index contributed by atoms with van der Waals surface area (Å²) < 4.78 is 15.3. The Bertz CT molecular complexity index is 767. The van der Waals surface area contributed by atoms with Gasteiger partial charge in [0, 0.05) is 5.33 Å². The Hall–Kier alpha value is -2.40. The Labute approximate surface area is 175 Å². The highest BCUT2D eigenvalue weighted by Crippen LogP contribution is 2.29. The summed E-state index contributed by atoms with van der Waals surface area (Å²) >= 11 is 8.27. The number of hydrogen-bond acceptors (Lipinski definition) is 7. The number of carboxylic acids is 1. The maximum absolute atomic E-state index is 12.7. The molecule has 1 fully saturated rings. The van der Waals surface area contributed by atoms with Gasteiger partial charge in [0.15, 0.2) is 11.7 Å². The number of thiocarbonyl (C=S) groups is 1. The van der Waals surface area contributed by atoms with E-state index in [-0.39, 0.29) is 29.1 Å². The molecule has 0 spiro atoms. The van der Waals surface area contributed by atoms with Crippen LogP contribution < -0.4 is 14.8 Å². The van der Waals surface area contributed by atoms with E-state index >= 15 is 0 Å². The minimum absolute atomic E-state index is 0.0159. The van der Waals surface area contributed by atoms with Gasteiger partial charge in [0.25, 0.3) is 5.91 Å². The molecule has 28 heavy (non-hydrogen) atoms. The van der Waals surface area contributed by atoms with Crippen molar-refractivity contribution in [2.45, 2.75) is 12.1 Å². The summed E-state index contributed by atoms with van der Waals surface area (Å²) in [6, 6.07) is 3.77. The Kier molecular flexibility index (Phi) is 7.58. The van der Waals surface area contributed by atoms with Gasteiger partial charge in [-0.3, -0.25) is 9.59 Å². The molecule has 0 aliphatic carbocycles. The number of nitrogens with one attached hydrogen (secondary N) is 1. The van der Waals surface area contributed by atoms with Crippen LogP contribution in [-0.2, 0) is 14.3 Å². The summed E-state index contributed by atoms with van der Waals surface area (Å²) in [6.07, 6.45) is 0. The normalized spacial score (nSPS) is 18.1. The van der Waals surface area contributed by atoms with Crippen LogP contribution in [0.3, 0.4) is 0 Å². The molecular weight excluding hydrogens is 456 g/mol. The monoisotopic (exact) mass is 474 g/mol. The number of ether oxygens (including phenoxy) is 3. The molecule has 2 amide bonds. The van der Waals surface area contributed by atoms with Crippen LogP contribution in [0.4, 0.5) is 0 Å². The Morgan fingerprint density at radius 3 is 2.39 bits per heavy atom. The smallest absolute Gasteiger partial charge is 0.341 e. The molecule has 2 atom stereocenters. The third kappa shape index (κ3) is 4.71. The molecular formula is C17H19BrN2O7S. The summed E-state index contributed by atoms with van der Waals surface area (Å²) in [5.41, 5.74) is 0.187. The van der Waals surface area contributed by atoms with Crippen LogP contribution in [0.5, 0.6) is 11.5 Å². The van der Waals surface area contributed by atoms with E-state index in [2.05, 4.69) is 21.2 Å². The number of β-lactam (4-membered cyclic amide) rings is 1. The molecule has 0 unspecified atom stereocenters. The zero-order valence-corrected chi connectivity index (χ0v) is 17.5. The lowest BCUT2D eigenvalue weighted by atomic mass is 9.96. The van der Waals surface area contributed by atoms with Gasteiger partial charge in [-0.1, -0.05) is 22.0 Å². The van der Waals surface area contributed by atoms with Crippen LogP contribution in [0.25, 0.3) is 0 Å². The van der Waals surface area contributed by atoms with E-state index in [9.17, 15) is 14.4 Å². The molecule has 2 rings (SSSR count). The van der Waals surface area contributed by atoms with Gasteiger partial charge in [0.2, 0.25) is 5.91 Å². The number of amides is 2. The molecule has 0 radical (unpaired) electrons. The van der Waals surface area contributed by atoms with Crippen LogP contribution in [-0.4, -0.2) is 77.6 Å². The number of alkyl halides is 1. The van der Waals surface area contributed by atoms with E-state index in [0.717, 1.165) is 0 Å². The lowest BCUT2D eigenvalue weighted by Crippen LogP contribution is -2.72. The fraction of sp³-hybridized carbons (Fsp3) is 0.412. The fourth-order valence-electron chi connectivity index (χ4n) is 2.75. The molecule has 152 valence electrons. The van der Waals surface area contributed by atoms with E-state index in [1.807, 2.05) is 0 Å². The molecule has 1 heterocycles. The molecule has 1 saturated heterocycles. The predicted octanol–water partition coefficient (Wildman–Crippen LogP) is 0.836. The number of halogens is 1. The van der Waals surface area contributed by atoms with Crippen molar-refractivity contribution in [2.24, 2.45) is 0 Å².